The molecule has 2 aromatic carbocycles. The highest BCUT2D eigenvalue weighted by Crippen LogP contribution is 2.33. The third-order valence-corrected chi connectivity index (χ3v) is 13.1. The molecule has 21 nitrogen and oxygen atoms in total. The van der Waals surface area contributed by atoms with E-state index in [1.165, 1.54) is 18.5 Å². The van der Waals surface area contributed by atoms with Crippen molar-refractivity contribution >= 4 is 58.6 Å². The molecule has 0 bridgehead atoms. The van der Waals surface area contributed by atoms with E-state index in [9.17, 15) is 33.6 Å². The normalized spacial score (nSPS) is 13.8. The second-order valence-corrected chi connectivity index (χ2v) is 19.0. The molecule has 0 spiro atoms. The van der Waals surface area contributed by atoms with Gasteiger partial charge in [0.05, 0.1) is 36.2 Å². The summed E-state index contributed by atoms with van der Waals surface area (Å²) in [6.07, 6.45) is 7.59. The number of aryl methyl sites for hydroxylation is 1. The molecular weight excluding hydrogens is 959 g/mol. The SMILES string of the molecule is Cc1cccc(-c2[nH]c(CNc3cccc4c3CN(C(=O)OCc3ccc(NC(=O)[C@H](CCCNC(N)=O)CC(=O)[C@@H](NC(=O)CCCCCN5C(=O)C=CC5=O)C(C)C)cc3)C4)nc2-c2ccn3ncnc3c2)n1. The van der Waals surface area contributed by atoms with Crippen LogP contribution in [-0.2, 0) is 55.0 Å². The van der Waals surface area contributed by atoms with Gasteiger partial charge < -0.3 is 36.7 Å². The number of ether oxygens (including phenoxy) is 1. The highest BCUT2D eigenvalue weighted by molar-refractivity contribution is 6.12. The molecule has 0 unspecified atom stereocenters. The van der Waals surface area contributed by atoms with Crippen LogP contribution in [0.2, 0.25) is 0 Å². The summed E-state index contributed by atoms with van der Waals surface area (Å²) in [5.41, 5.74) is 13.9. The molecule has 7 N–H and O–H groups in total. The van der Waals surface area contributed by atoms with Crippen LogP contribution in [0.25, 0.3) is 28.3 Å². The Morgan fingerprint density at radius 1 is 0.893 bits per heavy atom. The average Bonchev–Trinajstić information content (AvgIpc) is 4.22. The Kier molecular flexibility index (Phi) is 17.0. The molecule has 0 fully saturated rings. The zero-order chi connectivity index (χ0) is 53.0. The van der Waals surface area contributed by atoms with Gasteiger partial charge in [-0.25, -0.2) is 24.1 Å². The smallest absolute Gasteiger partial charge is 0.410 e. The molecule has 2 aliphatic rings. The van der Waals surface area contributed by atoms with Crippen LogP contribution in [0, 0.1) is 18.8 Å². The van der Waals surface area contributed by atoms with Gasteiger partial charge in [0.25, 0.3) is 11.8 Å². The molecule has 0 radical (unpaired) electrons. The predicted molar refractivity (Wildman–Crippen MR) is 278 cm³/mol. The molecule has 0 saturated carbocycles. The van der Waals surface area contributed by atoms with Gasteiger partial charge in [0.15, 0.2) is 11.4 Å². The van der Waals surface area contributed by atoms with Crippen LogP contribution in [0.1, 0.15) is 87.0 Å². The molecule has 2 atom stereocenters. The molecule has 2 aliphatic heterocycles. The Hall–Kier alpha value is -8.75. The fourth-order valence-corrected chi connectivity index (χ4v) is 9.11. The van der Waals surface area contributed by atoms with Gasteiger partial charge in [-0.05, 0) is 97.7 Å². The van der Waals surface area contributed by atoms with E-state index in [1.54, 1.807) is 33.7 Å². The number of rotatable bonds is 24. The number of nitrogens with two attached hydrogens (primary N) is 1. The molecule has 390 valence electrons. The van der Waals surface area contributed by atoms with Crippen LogP contribution in [0.5, 0.6) is 0 Å². The number of primary amides is 1. The van der Waals surface area contributed by atoms with E-state index < -0.39 is 30.0 Å². The van der Waals surface area contributed by atoms with Crippen molar-refractivity contribution in [3.63, 3.8) is 0 Å². The first kappa shape index (κ1) is 52.6. The Morgan fingerprint density at radius 2 is 1.68 bits per heavy atom. The van der Waals surface area contributed by atoms with Gasteiger partial charge in [0, 0.05) is 79.4 Å². The number of Topliss-reactive ketones (excluding diaryl/α,β-unsaturated/α-hetero) is 1. The van der Waals surface area contributed by atoms with Crippen molar-refractivity contribution < 1.29 is 38.3 Å². The van der Waals surface area contributed by atoms with Gasteiger partial charge in [-0.3, -0.25) is 38.8 Å². The molecule has 4 aromatic heterocycles. The largest absolute Gasteiger partial charge is 0.445 e. The summed E-state index contributed by atoms with van der Waals surface area (Å²) in [7, 11) is 0. The summed E-state index contributed by atoms with van der Waals surface area (Å²) in [6.45, 7) is 7.10. The van der Waals surface area contributed by atoms with E-state index >= 15 is 0 Å². The number of aromatic nitrogens is 6. The number of hydrogen-bond acceptors (Lipinski definition) is 13. The summed E-state index contributed by atoms with van der Waals surface area (Å²) >= 11 is 0. The van der Waals surface area contributed by atoms with Gasteiger partial charge in [0.2, 0.25) is 11.8 Å². The number of ketones is 1. The van der Waals surface area contributed by atoms with Crippen molar-refractivity contribution in [2.24, 2.45) is 17.6 Å². The fraction of sp³-hybridized carbons (Fsp3) is 0.352. The average molecular weight is 1020 g/mol. The van der Waals surface area contributed by atoms with E-state index in [-0.39, 0.29) is 68.4 Å². The molecule has 7 amide bonds. The highest BCUT2D eigenvalue weighted by Gasteiger charge is 2.31. The third-order valence-electron chi connectivity index (χ3n) is 13.1. The number of nitrogens with one attached hydrogen (secondary N) is 5. The van der Waals surface area contributed by atoms with E-state index in [4.69, 9.17) is 20.4 Å². The molecule has 21 heteroatoms. The van der Waals surface area contributed by atoms with Crippen LogP contribution in [0.4, 0.5) is 21.0 Å². The minimum absolute atomic E-state index is 0.0152. The van der Waals surface area contributed by atoms with E-state index in [0.717, 1.165) is 50.1 Å². The molecular formula is C54H61N13O8. The number of amides is 7. The number of urea groups is 1. The van der Waals surface area contributed by atoms with Gasteiger partial charge in [-0.15, -0.1) is 0 Å². The number of imide groups is 1. The van der Waals surface area contributed by atoms with Crippen LogP contribution in [0.15, 0.2) is 97.5 Å². The monoisotopic (exact) mass is 1020 g/mol. The number of carbonyl (C=O) groups is 7. The second-order valence-electron chi connectivity index (χ2n) is 19.0. The summed E-state index contributed by atoms with van der Waals surface area (Å²) in [4.78, 5) is 109. The Bertz CT molecular complexity index is 3090. The standard InChI is InChI=1S/C54H61N13O8/c1-33(2)49(64-46(69)15-5-4-6-24-66-47(70)20-21-48(66)71)43(68)26-37(12-9-23-56-53(55)73)52(72)61-39-18-16-35(17-19-39)31-75-54(74)65-29-38-11-8-13-41(40(38)30-65)57-28-44-62-50(36-22-25-67-45(27-36)58-32-59-67)51(63-44)42-14-7-10-34(3)60-42/h7-8,10-11,13-14,16-22,25,27,32-33,37,49,57H,4-6,9,12,15,23-24,26,28-31H2,1-3H3,(H,61,72)(H,62,63)(H,64,69)(H3,55,56,73)/t37-,49+/m1/s1. The number of pyridine rings is 2. The zero-order valence-electron chi connectivity index (χ0n) is 42.1. The Balaban J connectivity index is 0.825. The van der Waals surface area contributed by atoms with E-state index in [1.807, 2.05) is 75.5 Å². The number of hydrogen-bond donors (Lipinski definition) is 6. The number of fused-ring (bicyclic) bond motifs is 2. The van der Waals surface area contributed by atoms with Crippen molar-refractivity contribution in [1.29, 1.82) is 0 Å². The maximum absolute atomic E-state index is 13.8. The number of aromatic amines is 1. The summed E-state index contributed by atoms with van der Waals surface area (Å²) < 4.78 is 7.45. The van der Waals surface area contributed by atoms with Gasteiger partial charge >= 0.3 is 12.1 Å². The van der Waals surface area contributed by atoms with Crippen molar-refractivity contribution in [2.45, 2.75) is 98.0 Å². The first-order chi connectivity index (χ1) is 36.2. The van der Waals surface area contributed by atoms with E-state index in [2.05, 4.69) is 36.3 Å². The number of carbonyl (C=O) groups excluding carboxylic acids is 7. The molecule has 0 saturated heterocycles. The number of H-pyrrole nitrogens is 1. The predicted octanol–water partition coefficient (Wildman–Crippen LogP) is 6.34. The minimum atomic E-state index is -0.842. The Labute approximate surface area is 433 Å². The topological polar surface area (TPSA) is 281 Å². The lowest BCUT2D eigenvalue weighted by Gasteiger charge is -2.24. The Morgan fingerprint density at radius 3 is 2.44 bits per heavy atom. The van der Waals surface area contributed by atoms with Crippen molar-refractivity contribution in [1.82, 2.24) is 50.0 Å². The van der Waals surface area contributed by atoms with Crippen LogP contribution in [0.3, 0.4) is 0 Å². The van der Waals surface area contributed by atoms with Crippen LogP contribution in [-0.4, -0.2) is 100 Å². The molecule has 6 aromatic rings. The molecule has 6 heterocycles. The lowest BCUT2D eigenvalue weighted by atomic mass is 9.89. The highest BCUT2D eigenvalue weighted by atomic mass is 16.6. The molecule has 0 aliphatic carbocycles. The number of unbranched alkanes of at least 4 members (excludes halogenated alkanes) is 2. The number of nitrogens with zero attached hydrogens (tertiary/aromatic N) is 7. The van der Waals surface area contributed by atoms with Crippen LogP contribution >= 0.6 is 0 Å². The van der Waals surface area contributed by atoms with Crippen LogP contribution < -0.4 is 27.0 Å². The maximum Gasteiger partial charge on any atom is 0.410 e. The third kappa shape index (κ3) is 13.7. The lowest BCUT2D eigenvalue weighted by Crippen LogP contribution is -2.45. The van der Waals surface area contributed by atoms with Gasteiger partial charge in [-0.2, -0.15) is 5.10 Å². The lowest BCUT2D eigenvalue weighted by molar-refractivity contribution is -0.137. The summed E-state index contributed by atoms with van der Waals surface area (Å²) in [5.74, 6) is -2.10. The molecule has 75 heavy (non-hydrogen) atoms. The second kappa shape index (κ2) is 24.3. The first-order valence-electron chi connectivity index (χ1n) is 25.1. The maximum atomic E-state index is 13.8. The first-order valence-corrected chi connectivity index (χ1v) is 25.1. The van der Waals surface area contributed by atoms with E-state index in [0.29, 0.717) is 68.0 Å². The number of imidazole rings is 1. The summed E-state index contributed by atoms with van der Waals surface area (Å²) in [5, 5.41) is 16.0. The molecule has 8 rings (SSSR count). The van der Waals surface area contributed by atoms with Gasteiger partial charge in [-0.1, -0.05) is 50.6 Å². The summed E-state index contributed by atoms with van der Waals surface area (Å²) in [6, 6.07) is 20.9. The zero-order valence-corrected chi connectivity index (χ0v) is 42.1. The van der Waals surface area contributed by atoms with Gasteiger partial charge in [0.1, 0.15) is 18.8 Å². The van der Waals surface area contributed by atoms with Crippen molar-refractivity contribution in [2.75, 3.05) is 23.7 Å². The number of benzene rings is 2. The fourth-order valence-electron chi connectivity index (χ4n) is 9.11. The van der Waals surface area contributed by atoms with Crippen molar-refractivity contribution in [3.05, 3.63) is 126 Å². The minimum Gasteiger partial charge on any atom is -0.445 e. The number of anilines is 2. The quantitative estimate of drug-likeness (QED) is 0.0285. The van der Waals surface area contributed by atoms with Crippen molar-refractivity contribution in [3.8, 4) is 22.6 Å².